The molecule has 4 rings (SSSR count). The van der Waals surface area contributed by atoms with Gasteiger partial charge in [0, 0.05) is 14.1 Å². The molecule has 0 amide bonds. The molecule has 0 atom stereocenters. The van der Waals surface area contributed by atoms with Crippen molar-refractivity contribution in [1.82, 2.24) is 9.55 Å². The molecule has 0 saturated heterocycles. The fourth-order valence-corrected chi connectivity index (χ4v) is 5.84. The van der Waals surface area contributed by atoms with Gasteiger partial charge in [-0.3, -0.25) is 4.57 Å². The molecule has 0 aliphatic carbocycles. The highest BCUT2D eigenvalue weighted by Crippen LogP contribution is 2.40. The minimum absolute atomic E-state index is 0.155. The number of alkyl halides is 6. The molecule has 0 aliphatic heterocycles. The van der Waals surface area contributed by atoms with Gasteiger partial charge in [-0.05, 0) is 35.7 Å². The second kappa shape index (κ2) is 8.67. The van der Waals surface area contributed by atoms with Gasteiger partial charge >= 0.3 is 12.4 Å². The van der Waals surface area contributed by atoms with E-state index in [1.807, 2.05) is 60.7 Å². The molecule has 33 heavy (non-hydrogen) atoms. The quantitative estimate of drug-likeness (QED) is 0.261. The van der Waals surface area contributed by atoms with Gasteiger partial charge < -0.3 is 0 Å². The van der Waals surface area contributed by atoms with Crippen LogP contribution in [0.4, 0.5) is 26.3 Å². The molecule has 0 N–H and O–H groups in total. The number of halogens is 6. The van der Waals surface area contributed by atoms with E-state index in [4.69, 9.17) is 0 Å². The van der Waals surface area contributed by atoms with Crippen molar-refractivity contribution in [3.8, 4) is 5.69 Å². The number of rotatable bonds is 4. The fourth-order valence-electron chi connectivity index (χ4n) is 3.50. The van der Waals surface area contributed by atoms with E-state index >= 15 is 0 Å². The van der Waals surface area contributed by atoms with Gasteiger partial charge in [-0.25, -0.2) is 4.98 Å². The molecule has 0 aliphatic rings. The number of hydrogen-bond acceptors (Lipinski definition) is 1. The highest BCUT2D eigenvalue weighted by molar-refractivity contribution is 7.79. The maximum atomic E-state index is 13.9. The van der Waals surface area contributed by atoms with E-state index in [-0.39, 0.29) is 6.07 Å². The number of hydrogen-bond donors (Lipinski definition) is 0. The second-order valence-electron chi connectivity index (χ2n) is 7.29. The largest absolute Gasteiger partial charge is 0.418 e. The first-order valence-electron chi connectivity index (χ1n) is 9.81. The summed E-state index contributed by atoms with van der Waals surface area (Å²) in [5.41, 5.74) is -2.33. The van der Waals surface area contributed by atoms with E-state index in [9.17, 15) is 26.3 Å². The summed E-state index contributed by atoms with van der Waals surface area (Å²) < 4.78 is 82.4. The summed E-state index contributed by atoms with van der Waals surface area (Å²) in [5, 5.41) is 1.71. The number of benzene rings is 3. The molecular formula is C24H17F6N2P. The number of nitrogens with zero attached hydrogens (tertiary/aromatic N) is 2. The van der Waals surface area contributed by atoms with Crippen molar-refractivity contribution in [3.05, 3.63) is 102 Å². The zero-order valence-corrected chi connectivity index (χ0v) is 18.1. The summed E-state index contributed by atoms with van der Waals surface area (Å²) in [6.45, 7) is 1.64. The van der Waals surface area contributed by atoms with Gasteiger partial charge in [0.1, 0.15) is 5.57 Å². The Labute approximate surface area is 187 Å². The zero-order chi connectivity index (χ0) is 23.8. The molecule has 0 saturated carbocycles. The van der Waals surface area contributed by atoms with Crippen molar-refractivity contribution < 1.29 is 26.3 Å². The molecule has 1 aromatic heterocycles. The van der Waals surface area contributed by atoms with Gasteiger partial charge in [0.2, 0.25) is 0 Å². The summed E-state index contributed by atoms with van der Waals surface area (Å²) >= 11 is 0. The van der Waals surface area contributed by atoms with Gasteiger partial charge in [-0.15, -0.1) is 0 Å². The van der Waals surface area contributed by atoms with Crippen molar-refractivity contribution in [2.24, 2.45) is 0 Å². The van der Waals surface area contributed by atoms with E-state index in [1.54, 1.807) is 6.92 Å². The van der Waals surface area contributed by atoms with Crippen LogP contribution in [0.3, 0.4) is 0 Å². The molecule has 170 valence electrons. The zero-order valence-electron chi connectivity index (χ0n) is 17.2. The SMILES string of the molecule is Cc1cn(-c2ccc(C(F)(F)F)cc2C(F)(F)F)c(P(c2ccccc2)c2ccccc2)n1. The van der Waals surface area contributed by atoms with E-state index < -0.39 is 37.1 Å². The number of imidazole rings is 1. The normalized spacial score (nSPS) is 12.4. The third-order valence-corrected chi connectivity index (χ3v) is 7.27. The van der Waals surface area contributed by atoms with Crippen LogP contribution in [0, 0.1) is 6.92 Å². The van der Waals surface area contributed by atoms with Crippen LogP contribution in [0.25, 0.3) is 5.69 Å². The van der Waals surface area contributed by atoms with Crippen LogP contribution in [0.15, 0.2) is 85.1 Å². The summed E-state index contributed by atoms with van der Waals surface area (Å²) in [4.78, 5) is 4.54. The molecule has 0 radical (unpaired) electrons. The Morgan fingerprint density at radius 3 is 1.76 bits per heavy atom. The monoisotopic (exact) mass is 478 g/mol. The Kier molecular flexibility index (Phi) is 6.06. The molecule has 3 aromatic carbocycles. The summed E-state index contributed by atoms with van der Waals surface area (Å²) in [6.07, 6.45) is -8.46. The van der Waals surface area contributed by atoms with Crippen molar-refractivity contribution >= 4 is 24.1 Å². The van der Waals surface area contributed by atoms with Crippen molar-refractivity contribution in [2.75, 3.05) is 0 Å². The lowest BCUT2D eigenvalue weighted by Crippen LogP contribution is -2.28. The smallest absolute Gasteiger partial charge is 0.299 e. The van der Waals surface area contributed by atoms with Crippen molar-refractivity contribution in [1.29, 1.82) is 0 Å². The second-order valence-corrected chi connectivity index (χ2v) is 9.39. The lowest BCUT2D eigenvalue weighted by Gasteiger charge is -2.22. The van der Waals surface area contributed by atoms with Crippen LogP contribution >= 0.6 is 7.92 Å². The number of aryl methyl sites for hydroxylation is 1. The lowest BCUT2D eigenvalue weighted by atomic mass is 10.1. The van der Waals surface area contributed by atoms with Crippen LogP contribution in [-0.4, -0.2) is 9.55 Å². The molecule has 1 heterocycles. The molecular weight excluding hydrogens is 461 g/mol. The van der Waals surface area contributed by atoms with Crippen LogP contribution in [0.1, 0.15) is 16.8 Å². The van der Waals surface area contributed by atoms with Gasteiger partial charge in [0.15, 0.2) is 0 Å². The Morgan fingerprint density at radius 2 is 1.27 bits per heavy atom. The predicted molar refractivity (Wildman–Crippen MR) is 117 cm³/mol. The maximum absolute atomic E-state index is 13.9. The molecule has 0 fully saturated rings. The Morgan fingerprint density at radius 1 is 0.727 bits per heavy atom. The van der Waals surface area contributed by atoms with Gasteiger partial charge in [0.05, 0.1) is 22.5 Å². The van der Waals surface area contributed by atoms with Crippen LogP contribution in [-0.2, 0) is 12.4 Å². The maximum Gasteiger partial charge on any atom is 0.418 e. The first kappa shape index (κ1) is 23.1. The van der Waals surface area contributed by atoms with E-state index in [1.165, 1.54) is 10.8 Å². The van der Waals surface area contributed by atoms with Crippen molar-refractivity contribution in [3.63, 3.8) is 0 Å². The van der Waals surface area contributed by atoms with E-state index in [0.29, 0.717) is 17.3 Å². The van der Waals surface area contributed by atoms with E-state index in [2.05, 4.69) is 4.98 Å². The minimum atomic E-state index is -4.99. The molecule has 2 nitrogen and oxygen atoms in total. The topological polar surface area (TPSA) is 17.8 Å². The van der Waals surface area contributed by atoms with Gasteiger partial charge in [-0.1, -0.05) is 60.7 Å². The van der Waals surface area contributed by atoms with Crippen molar-refractivity contribution in [2.45, 2.75) is 19.3 Å². The third kappa shape index (κ3) is 4.81. The molecule has 0 bridgehead atoms. The summed E-state index contributed by atoms with van der Waals surface area (Å²) in [5.74, 6) is 0. The Balaban J connectivity index is 1.98. The third-order valence-electron chi connectivity index (χ3n) is 4.93. The van der Waals surface area contributed by atoms with Crippen LogP contribution in [0.5, 0.6) is 0 Å². The fraction of sp³-hybridized carbons (Fsp3) is 0.125. The summed E-state index contributed by atoms with van der Waals surface area (Å²) in [6, 6.07) is 20.1. The Bertz CT molecular complexity index is 1210. The lowest BCUT2D eigenvalue weighted by molar-refractivity contribution is -0.143. The molecule has 4 aromatic rings. The van der Waals surface area contributed by atoms with Crippen LogP contribution < -0.4 is 16.2 Å². The first-order chi connectivity index (χ1) is 15.6. The first-order valence-corrected chi connectivity index (χ1v) is 11.1. The highest BCUT2D eigenvalue weighted by atomic mass is 31.1. The molecule has 9 heteroatoms. The molecule has 0 spiro atoms. The average Bonchev–Trinajstić information content (AvgIpc) is 3.15. The van der Waals surface area contributed by atoms with Crippen LogP contribution in [0.2, 0.25) is 0 Å². The molecule has 0 unspecified atom stereocenters. The summed E-state index contributed by atoms with van der Waals surface area (Å²) in [7, 11) is -1.39. The predicted octanol–water partition coefficient (Wildman–Crippen LogP) is 5.98. The number of aromatic nitrogens is 2. The van der Waals surface area contributed by atoms with E-state index in [0.717, 1.165) is 16.7 Å². The standard InChI is InChI=1S/C24H17F6N2P/c1-16-15-32(21-13-12-17(23(25,26)27)14-20(21)24(28,29)30)22(31-16)33(18-8-4-2-5-9-18)19-10-6-3-7-11-19/h2-15H,1H3. The van der Waals surface area contributed by atoms with Gasteiger partial charge in [0.25, 0.3) is 0 Å². The Hall–Kier alpha value is -3.12. The minimum Gasteiger partial charge on any atom is -0.299 e. The van der Waals surface area contributed by atoms with Gasteiger partial charge in [-0.2, -0.15) is 26.3 Å². The highest BCUT2D eigenvalue weighted by Gasteiger charge is 2.39. The average molecular weight is 478 g/mol.